The molecule has 0 aromatic heterocycles. The van der Waals surface area contributed by atoms with Gasteiger partial charge in [0, 0.05) is 5.92 Å². The molecule has 0 atom stereocenters. The van der Waals surface area contributed by atoms with Gasteiger partial charge in [0.25, 0.3) is 0 Å². The maximum absolute atomic E-state index is 14.1. The van der Waals surface area contributed by atoms with Crippen LogP contribution >= 0.6 is 0 Å². The molecule has 0 bridgehead atoms. The Labute approximate surface area is 172 Å². The zero-order valence-electron chi connectivity index (χ0n) is 17.2. The number of rotatable bonds is 8. The summed E-state index contributed by atoms with van der Waals surface area (Å²) >= 11 is 0. The summed E-state index contributed by atoms with van der Waals surface area (Å²) in [5.74, 6) is -19.5. The Morgan fingerprint density at radius 2 is 0.900 bits per heavy atom. The third kappa shape index (κ3) is 5.22. The largest absolute Gasteiger partial charge is 0.460 e. The highest BCUT2D eigenvalue weighted by Gasteiger charge is 2.82. The molecule has 30 heavy (non-hydrogen) atoms. The predicted molar refractivity (Wildman–Crippen MR) is 95.9 cm³/mol. The molecule has 2 rings (SSSR count). The molecule has 2 aliphatic rings. The molecule has 178 valence electrons. The Kier molecular flexibility index (Phi) is 8.09. The fourth-order valence-corrected chi connectivity index (χ4v) is 5.15. The second-order valence-corrected chi connectivity index (χ2v) is 9.24. The molecule has 0 unspecified atom stereocenters. The van der Waals surface area contributed by atoms with E-state index in [4.69, 9.17) is 0 Å². The van der Waals surface area contributed by atoms with Crippen LogP contribution in [0.2, 0.25) is 0 Å². The standard InChI is InChI=1S/C21H31F9/c1-2-3-14-4-6-15(7-5-14)8-9-16-10-12-17(13-11-16)18(22,23)19(24,25)20(26,27)21(28,29)30/h14-17H,2-13H2,1H3/t14-,15-,16-,17-. The topological polar surface area (TPSA) is 0 Å². The van der Waals surface area contributed by atoms with Gasteiger partial charge >= 0.3 is 23.9 Å². The van der Waals surface area contributed by atoms with Crippen molar-refractivity contribution in [1.29, 1.82) is 0 Å². The van der Waals surface area contributed by atoms with Crippen molar-refractivity contribution >= 4 is 0 Å². The number of alkyl halides is 9. The van der Waals surface area contributed by atoms with E-state index in [0.29, 0.717) is 5.92 Å². The third-order valence-electron chi connectivity index (χ3n) is 7.17. The molecule has 9 heteroatoms. The molecule has 2 aliphatic carbocycles. The minimum atomic E-state index is -6.78. The maximum Gasteiger partial charge on any atom is 0.460 e. The minimum Gasteiger partial charge on any atom is -0.199 e. The predicted octanol–water partition coefficient (Wildman–Crippen LogP) is 8.65. The van der Waals surface area contributed by atoms with Crippen molar-refractivity contribution in [3.8, 4) is 0 Å². The molecular weight excluding hydrogens is 423 g/mol. The highest BCUT2D eigenvalue weighted by atomic mass is 19.4. The van der Waals surface area contributed by atoms with Crippen molar-refractivity contribution in [1.82, 2.24) is 0 Å². The van der Waals surface area contributed by atoms with E-state index < -0.39 is 42.7 Å². The van der Waals surface area contributed by atoms with Crippen molar-refractivity contribution in [2.24, 2.45) is 23.7 Å². The van der Waals surface area contributed by atoms with Crippen LogP contribution in [0.25, 0.3) is 0 Å². The van der Waals surface area contributed by atoms with Gasteiger partial charge in [-0.25, -0.2) is 0 Å². The van der Waals surface area contributed by atoms with Crippen molar-refractivity contribution in [3.63, 3.8) is 0 Å². The van der Waals surface area contributed by atoms with Gasteiger partial charge in [0.1, 0.15) is 0 Å². The van der Waals surface area contributed by atoms with Crippen LogP contribution in [0.1, 0.15) is 84.0 Å². The number of halogens is 9. The zero-order valence-corrected chi connectivity index (χ0v) is 17.2. The first-order chi connectivity index (χ1) is 13.7. The second kappa shape index (κ2) is 9.47. The van der Waals surface area contributed by atoms with Gasteiger partial charge in [-0.2, -0.15) is 39.5 Å². The highest BCUT2D eigenvalue weighted by Crippen LogP contribution is 2.57. The Bertz CT molecular complexity index is 525. The molecule has 2 fully saturated rings. The highest BCUT2D eigenvalue weighted by molar-refractivity contribution is 5.03. The smallest absolute Gasteiger partial charge is 0.199 e. The molecular formula is C21H31F9. The van der Waals surface area contributed by atoms with Crippen molar-refractivity contribution in [2.45, 2.75) is 108 Å². The van der Waals surface area contributed by atoms with Crippen LogP contribution in [-0.2, 0) is 0 Å². The molecule has 0 heterocycles. The lowest BCUT2D eigenvalue weighted by atomic mass is 9.73. The summed E-state index contributed by atoms with van der Waals surface area (Å²) < 4.78 is 118. The Morgan fingerprint density at radius 3 is 1.27 bits per heavy atom. The first-order valence-electron chi connectivity index (χ1n) is 10.9. The van der Waals surface area contributed by atoms with E-state index in [9.17, 15) is 39.5 Å². The van der Waals surface area contributed by atoms with Crippen LogP contribution < -0.4 is 0 Å². The lowest BCUT2D eigenvalue weighted by molar-refractivity contribution is -0.404. The number of hydrogen-bond donors (Lipinski definition) is 0. The average Bonchev–Trinajstić information content (AvgIpc) is 2.67. The van der Waals surface area contributed by atoms with E-state index in [0.717, 1.165) is 38.0 Å². The quantitative estimate of drug-likeness (QED) is 0.322. The third-order valence-corrected chi connectivity index (χ3v) is 7.17. The molecule has 2 saturated carbocycles. The minimum absolute atomic E-state index is 0.0298. The summed E-state index contributed by atoms with van der Waals surface area (Å²) in [6, 6.07) is 0. The van der Waals surface area contributed by atoms with Gasteiger partial charge in [0.15, 0.2) is 0 Å². The summed E-state index contributed by atoms with van der Waals surface area (Å²) in [6.45, 7) is 2.16. The molecule has 0 aliphatic heterocycles. The fourth-order valence-electron chi connectivity index (χ4n) is 5.15. The van der Waals surface area contributed by atoms with Gasteiger partial charge in [-0.05, 0) is 43.4 Å². The Hall–Kier alpha value is -0.630. The monoisotopic (exact) mass is 454 g/mol. The fraction of sp³-hybridized carbons (Fsp3) is 1.00. The summed E-state index contributed by atoms with van der Waals surface area (Å²) in [7, 11) is 0. The van der Waals surface area contributed by atoms with E-state index in [1.54, 1.807) is 0 Å². The van der Waals surface area contributed by atoms with Crippen LogP contribution in [0.3, 0.4) is 0 Å². The lowest BCUT2D eigenvalue weighted by Crippen LogP contribution is -2.63. The molecule has 0 radical (unpaired) electrons. The number of hydrogen-bond acceptors (Lipinski definition) is 0. The summed E-state index contributed by atoms with van der Waals surface area (Å²) in [4.78, 5) is 0. The first kappa shape index (κ1) is 25.6. The molecule has 0 aromatic carbocycles. The summed E-state index contributed by atoms with van der Waals surface area (Å²) in [6.07, 6.45) is 1.30. The Balaban J connectivity index is 1.84. The second-order valence-electron chi connectivity index (χ2n) is 9.24. The van der Waals surface area contributed by atoms with Gasteiger partial charge in [-0.3, -0.25) is 0 Å². The zero-order chi connectivity index (χ0) is 22.8. The Morgan fingerprint density at radius 1 is 0.533 bits per heavy atom. The maximum atomic E-state index is 14.1. The molecule has 0 N–H and O–H groups in total. The van der Waals surface area contributed by atoms with Gasteiger partial charge in [0.2, 0.25) is 0 Å². The molecule has 0 aromatic rings. The summed E-state index contributed by atoms with van der Waals surface area (Å²) in [5.41, 5.74) is 0. The van der Waals surface area contributed by atoms with E-state index >= 15 is 0 Å². The van der Waals surface area contributed by atoms with E-state index in [1.807, 2.05) is 0 Å². The van der Waals surface area contributed by atoms with Crippen LogP contribution in [0, 0.1) is 23.7 Å². The van der Waals surface area contributed by atoms with Crippen LogP contribution in [0.15, 0.2) is 0 Å². The van der Waals surface area contributed by atoms with E-state index in [1.165, 1.54) is 19.3 Å². The average molecular weight is 454 g/mol. The van der Waals surface area contributed by atoms with Gasteiger partial charge < -0.3 is 0 Å². The van der Waals surface area contributed by atoms with Crippen molar-refractivity contribution in [2.75, 3.05) is 0 Å². The van der Waals surface area contributed by atoms with Crippen molar-refractivity contribution in [3.05, 3.63) is 0 Å². The molecule has 0 amide bonds. The van der Waals surface area contributed by atoms with Gasteiger partial charge in [-0.15, -0.1) is 0 Å². The van der Waals surface area contributed by atoms with E-state index in [-0.39, 0.29) is 18.8 Å². The van der Waals surface area contributed by atoms with Crippen LogP contribution in [0.5, 0.6) is 0 Å². The molecule has 0 saturated heterocycles. The molecule has 0 spiro atoms. The van der Waals surface area contributed by atoms with E-state index in [2.05, 4.69) is 6.92 Å². The van der Waals surface area contributed by atoms with Crippen LogP contribution in [-0.4, -0.2) is 23.9 Å². The summed E-state index contributed by atoms with van der Waals surface area (Å²) in [5, 5.41) is 0. The van der Waals surface area contributed by atoms with Gasteiger partial charge in [-0.1, -0.05) is 58.3 Å². The molecule has 0 nitrogen and oxygen atoms in total. The normalized spacial score (nSPS) is 29.8. The SMILES string of the molecule is CCC[C@H]1CC[C@H](CC[C@H]2CC[C@H](C(F)(F)C(F)(F)C(F)(F)C(F)(F)F)CC2)CC1. The first-order valence-corrected chi connectivity index (χ1v) is 10.9. The lowest BCUT2D eigenvalue weighted by Gasteiger charge is -2.40. The van der Waals surface area contributed by atoms with Gasteiger partial charge in [0.05, 0.1) is 0 Å². The van der Waals surface area contributed by atoms with Crippen LogP contribution in [0.4, 0.5) is 39.5 Å². The van der Waals surface area contributed by atoms with Crippen molar-refractivity contribution < 1.29 is 39.5 Å².